The van der Waals surface area contributed by atoms with Crippen LogP contribution in [0.3, 0.4) is 0 Å². The molecule has 3 rings (SSSR count). The Hall–Kier alpha value is -1.88. The number of methoxy groups -OCH3 is 1. The van der Waals surface area contributed by atoms with Crippen molar-refractivity contribution in [3.05, 3.63) is 40.7 Å². The normalized spacial score (nSPS) is 17.8. The lowest BCUT2D eigenvalue weighted by Gasteiger charge is -2.25. The van der Waals surface area contributed by atoms with Gasteiger partial charge in [0.2, 0.25) is 0 Å². The van der Waals surface area contributed by atoms with Crippen LogP contribution in [-0.4, -0.2) is 23.5 Å². The summed E-state index contributed by atoms with van der Waals surface area (Å²) in [4.78, 5) is 0. The van der Waals surface area contributed by atoms with E-state index >= 15 is 0 Å². The van der Waals surface area contributed by atoms with Gasteiger partial charge in [0, 0.05) is 12.6 Å². The monoisotopic (exact) mass is 273 g/mol. The van der Waals surface area contributed by atoms with Gasteiger partial charge >= 0.3 is 0 Å². The zero-order valence-electron chi connectivity index (χ0n) is 11.8. The Kier molecular flexibility index (Phi) is 3.69. The van der Waals surface area contributed by atoms with Gasteiger partial charge in [0.25, 0.3) is 0 Å². The number of rotatable bonds is 4. The molecule has 0 saturated carbocycles. The van der Waals surface area contributed by atoms with Crippen LogP contribution in [0.4, 0.5) is 0 Å². The average Bonchev–Trinajstić information content (AvgIpc) is 2.89. The highest BCUT2D eigenvalue weighted by atomic mass is 16.6. The molecule has 0 fully saturated rings. The van der Waals surface area contributed by atoms with Crippen LogP contribution in [0.5, 0.6) is 5.75 Å². The largest absolute Gasteiger partial charge is 0.497 e. The van der Waals surface area contributed by atoms with Gasteiger partial charge in [0.15, 0.2) is 0 Å². The van der Waals surface area contributed by atoms with E-state index in [1.165, 1.54) is 11.1 Å². The van der Waals surface area contributed by atoms with Crippen molar-refractivity contribution in [2.45, 2.75) is 38.8 Å². The Morgan fingerprint density at radius 2 is 2.25 bits per heavy atom. The number of ether oxygens (including phenoxy) is 1. The molecule has 0 saturated heterocycles. The third kappa shape index (κ3) is 2.67. The molecule has 1 aromatic carbocycles. The zero-order chi connectivity index (χ0) is 13.9. The van der Waals surface area contributed by atoms with Crippen LogP contribution in [0.15, 0.2) is 22.8 Å². The summed E-state index contributed by atoms with van der Waals surface area (Å²) in [7, 11) is 1.71. The number of hydrogen-bond acceptors (Lipinski definition) is 5. The summed E-state index contributed by atoms with van der Waals surface area (Å²) in [6, 6.07) is 6.83. The van der Waals surface area contributed by atoms with Crippen molar-refractivity contribution < 1.29 is 9.37 Å². The number of fused-ring (bicyclic) bond motifs is 1. The first-order chi connectivity index (χ1) is 9.76. The van der Waals surface area contributed by atoms with Crippen molar-refractivity contribution in [2.24, 2.45) is 0 Å². The number of benzene rings is 1. The topological polar surface area (TPSA) is 60.2 Å². The molecule has 1 aliphatic rings. The lowest BCUT2D eigenvalue weighted by molar-refractivity contribution is 0.299. The predicted octanol–water partition coefficient (Wildman–Crippen LogP) is 2.03. The lowest BCUT2D eigenvalue weighted by atomic mass is 9.88. The zero-order valence-corrected chi connectivity index (χ0v) is 11.8. The lowest BCUT2D eigenvalue weighted by Crippen LogP contribution is -2.34. The molecule has 0 aliphatic heterocycles. The standard InChI is InChI=1S/C15H19N3O2/c1-10-15(18-20-17-10)9-16-13-5-3-12-8-14(19-2)6-4-11(12)7-13/h4,6,8,13,16H,3,5,7,9H2,1-2H3. The van der Waals surface area contributed by atoms with Crippen LogP contribution in [0.25, 0.3) is 0 Å². The smallest absolute Gasteiger partial charge is 0.121 e. The average molecular weight is 273 g/mol. The molecule has 20 heavy (non-hydrogen) atoms. The van der Waals surface area contributed by atoms with Crippen molar-refractivity contribution in [2.75, 3.05) is 7.11 Å². The molecule has 1 aromatic heterocycles. The fourth-order valence-electron chi connectivity index (χ4n) is 2.68. The van der Waals surface area contributed by atoms with E-state index in [9.17, 15) is 0 Å². The highest BCUT2D eigenvalue weighted by Crippen LogP contribution is 2.25. The molecule has 0 amide bonds. The maximum atomic E-state index is 5.28. The predicted molar refractivity (Wildman–Crippen MR) is 74.7 cm³/mol. The highest BCUT2D eigenvalue weighted by Gasteiger charge is 2.19. The van der Waals surface area contributed by atoms with Crippen LogP contribution in [0, 0.1) is 6.92 Å². The van der Waals surface area contributed by atoms with Crippen LogP contribution in [0.2, 0.25) is 0 Å². The van der Waals surface area contributed by atoms with Gasteiger partial charge in [-0.15, -0.1) is 0 Å². The minimum absolute atomic E-state index is 0.479. The van der Waals surface area contributed by atoms with E-state index in [1.807, 2.05) is 13.0 Å². The Labute approximate surface area is 118 Å². The molecule has 5 nitrogen and oxygen atoms in total. The molecule has 106 valence electrons. The van der Waals surface area contributed by atoms with Crippen LogP contribution < -0.4 is 10.1 Å². The SMILES string of the molecule is COc1ccc2c(c1)CCC(NCc1nonc1C)C2. The number of aromatic nitrogens is 2. The second-order valence-electron chi connectivity index (χ2n) is 5.25. The fourth-order valence-corrected chi connectivity index (χ4v) is 2.68. The Balaban J connectivity index is 1.62. The van der Waals surface area contributed by atoms with Gasteiger partial charge in [-0.05, 0) is 49.4 Å². The van der Waals surface area contributed by atoms with Crippen molar-refractivity contribution in [1.29, 1.82) is 0 Å². The summed E-state index contributed by atoms with van der Waals surface area (Å²) >= 11 is 0. The Morgan fingerprint density at radius 3 is 3.00 bits per heavy atom. The van der Waals surface area contributed by atoms with Crippen molar-refractivity contribution in [1.82, 2.24) is 15.6 Å². The highest BCUT2D eigenvalue weighted by molar-refractivity contribution is 5.37. The third-order valence-corrected chi connectivity index (χ3v) is 3.95. The maximum absolute atomic E-state index is 5.28. The number of hydrogen-bond donors (Lipinski definition) is 1. The van der Waals surface area contributed by atoms with Gasteiger partial charge < -0.3 is 10.1 Å². The fraction of sp³-hybridized carbons (Fsp3) is 0.467. The first-order valence-electron chi connectivity index (χ1n) is 6.93. The molecule has 1 N–H and O–H groups in total. The molecule has 1 unspecified atom stereocenters. The van der Waals surface area contributed by atoms with Gasteiger partial charge in [-0.2, -0.15) is 0 Å². The summed E-state index contributed by atoms with van der Waals surface area (Å²) < 4.78 is 9.99. The third-order valence-electron chi connectivity index (χ3n) is 3.95. The van der Waals surface area contributed by atoms with Gasteiger partial charge in [0.05, 0.1) is 7.11 Å². The molecule has 1 atom stereocenters. The van der Waals surface area contributed by atoms with Crippen molar-refractivity contribution >= 4 is 0 Å². The molecular weight excluding hydrogens is 254 g/mol. The molecule has 0 radical (unpaired) electrons. The number of aryl methyl sites for hydroxylation is 2. The summed E-state index contributed by atoms with van der Waals surface area (Å²) in [5.41, 5.74) is 4.57. The summed E-state index contributed by atoms with van der Waals surface area (Å²) in [6.07, 6.45) is 3.26. The quantitative estimate of drug-likeness (QED) is 0.923. The van der Waals surface area contributed by atoms with Crippen molar-refractivity contribution in [3.63, 3.8) is 0 Å². The minimum atomic E-state index is 0.479. The van der Waals surface area contributed by atoms with Crippen LogP contribution >= 0.6 is 0 Å². The molecular formula is C15H19N3O2. The molecule has 5 heteroatoms. The van der Waals surface area contributed by atoms with E-state index in [4.69, 9.17) is 9.37 Å². The van der Waals surface area contributed by atoms with Gasteiger partial charge in [-0.3, -0.25) is 0 Å². The van der Waals surface area contributed by atoms with E-state index in [2.05, 4.69) is 27.8 Å². The second-order valence-corrected chi connectivity index (χ2v) is 5.25. The Morgan fingerprint density at radius 1 is 1.35 bits per heavy atom. The first-order valence-corrected chi connectivity index (χ1v) is 6.93. The molecule has 2 aromatic rings. The molecule has 0 bridgehead atoms. The number of nitrogens with zero attached hydrogens (tertiary/aromatic N) is 2. The van der Waals surface area contributed by atoms with Crippen LogP contribution in [-0.2, 0) is 19.4 Å². The van der Waals surface area contributed by atoms with Gasteiger partial charge in [-0.1, -0.05) is 16.4 Å². The minimum Gasteiger partial charge on any atom is -0.497 e. The van der Waals surface area contributed by atoms with E-state index in [1.54, 1.807) is 7.11 Å². The van der Waals surface area contributed by atoms with Gasteiger partial charge in [-0.25, -0.2) is 4.63 Å². The van der Waals surface area contributed by atoms with Crippen molar-refractivity contribution in [3.8, 4) is 5.75 Å². The van der Waals surface area contributed by atoms with Crippen LogP contribution in [0.1, 0.15) is 28.9 Å². The van der Waals surface area contributed by atoms with E-state index < -0.39 is 0 Å². The summed E-state index contributed by atoms with van der Waals surface area (Å²) in [6.45, 7) is 2.63. The van der Waals surface area contributed by atoms with E-state index in [0.29, 0.717) is 12.6 Å². The van der Waals surface area contributed by atoms with E-state index in [-0.39, 0.29) is 0 Å². The molecule has 1 heterocycles. The summed E-state index contributed by atoms with van der Waals surface area (Å²) in [5.74, 6) is 0.944. The molecule has 0 spiro atoms. The number of nitrogens with one attached hydrogen (secondary N) is 1. The van der Waals surface area contributed by atoms with E-state index in [0.717, 1.165) is 36.4 Å². The first kappa shape index (κ1) is 13.1. The Bertz CT molecular complexity index is 595. The van der Waals surface area contributed by atoms with Gasteiger partial charge in [0.1, 0.15) is 17.1 Å². The maximum Gasteiger partial charge on any atom is 0.121 e. The summed E-state index contributed by atoms with van der Waals surface area (Å²) in [5, 5.41) is 11.2. The molecule has 1 aliphatic carbocycles. The second kappa shape index (κ2) is 5.63.